The van der Waals surface area contributed by atoms with Gasteiger partial charge in [-0.15, -0.1) is 0 Å². The van der Waals surface area contributed by atoms with E-state index in [1.165, 1.54) is 6.07 Å². The van der Waals surface area contributed by atoms with Crippen LogP contribution in [0.4, 0.5) is 18.9 Å². The Kier molecular flexibility index (Phi) is 3.44. The second kappa shape index (κ2) is 4.68. The molecule has 0 aromatic heterocycles. The minimum absolute atomic E-state index is 0.153. The molecule has 6 heteroatoms. The summed E-state index contributed by atoms with van der Waals surface area (Å²) in [5.74, 6) is -0.911. The Balaban J connectivity index is 2.14. The Labute approximate surface area is 114 Å². The van der Waals surface area contributed by atoms with E-state index in [-0.39, 0.29) is 6.04 Å². The molecule has 0 saturated heterocycles. The van der Waals surface area contributed by atoms with Crippen LogP contribution >= 0.6 is 0 Å². The molecule has 3 nitrogen and oxygen atoms in total. The Hall–Kier alpha value is -1.72. The molecule has 1 aromatic rings. The highest BCUT2D eigenvalue weighted by Crippen LogP contribution is 2.37. The highest BCUT2D eigenvalue weighted by molar-refractivity contribution is 5.74. The third-order valence-electron chi connectivity index (χ3n) is 3.60. The first-order valence-electron chi connectivity index (χ1n) is 6.29. The van der Waals surface area contributed by atoms with E-state index in [0.29, 0.717) is 18.5 Å². The quantitative estimate of drug-likeness (QED) is 0.894. The summed E-state index contributed by atoms with van der Waals surface area (Å²) in [5.41, 5.74) is -0.357. The molecule has 1 atom stereocenters. The lowest BCUT2D eigenvalue weighted by atomic mass is 9.85. The minimum Gasteiger partial charge on any atom is -0.481 e. The summed E-state index contributed by atoms with van der Waals surface area (Å²) in [5, 5.41) is 12.1. The van der Waals surface area contributed by atoms with Gasteiger partial charge >= 0.3 is 12.1 Å². The van der Waals surface area contributed by atoms with Gasteiger partial charge in [-0.1, -0.05) is 6.07 Å². The predicted molar refractivity (Wildman–Crippen MR) is 68.6 cm³/mol. The number of aliphatic carboxylic acids is 1. The van der Waals surface area contributed by atoms with Crippen molar-refractivity contribution in [3.8, 4) is 0 Å². The van der Waals surface area contributed by atoms with E-state index in [2.05, 4.69) is 5.32 Å². The van der Waals surface area contributed by atoms with E-state index in [1.807, 2.05) is 0 Å². The third kappa shape index (κ3) is 2.89. The highest BCUT2D eigenvalue weighted by Gasteiger charge is 2.35. The number of anilines is 1. The standard InChI is InChI=1S/C14H16F3NO2/c1-13(2,12(19)20)7-10-5-8-3-4-9(14(15,16)17)6-11(8)18-10/h3-4,6,10,18H,5,7H2,1-2H3,(H,19,20). The van der Waals surface area contributed by atoms with Gasteiger partial charge in [0.15, 0.2) is 0 Å². The van der Waals surface area contributed by atoms with Crippen molar-refractivity contribution in [2.75, 3.05) is 5.32 Å². The van der Waals surface area contributed by atoms with Crippen molar-refractivity contribution in [1.29, 1.82) is 0 Å². The Morgan fingerprint density at radius 1 is 1.40 bits per heavy atom. The molecular formula is C14H16F3NO2. The first kappa shape index (κ1) is 14.7. The SMILES string of the molecule is CC(C)(CC1Cc2ccc(C(F)(F)F)cc2N1)C(=O)O. The number of carbonyl (C=O) groups is 1. The van der Waals surface area contributed by atoms with Crippen molar-refractivity contribution in [1.82, 2.24) is 0 Å². The summed E-state index contributed by atoms with van der Waals surface area (Å²) in [4.78, 5) is 11.1. The molecule has 0 bridgehead atoms. The van der Waals surface area contributed by atoms with E-state index in [4.69, 9.17) is 5.11 Å². The Morgan fingerprint density at radius 2 is 2.05 bits per heavy atom. The second-order valence-electron chi connectivity index (χ2n) is 5.81. The molecule has 1 heterocycles. The molecule has 0 radical (unpaired) electrons. The average molecular weight is 287 g/mol. The van der Waals surface area contributed by atoms with Crippen molar-refractivity contribution in [2.24, 2.45) is 5.41 Å². The van der Waals surface area contributed by atoms with Gasteiger partial charge in [0.1, 0.15) is 0 Å². The summed E-state index contributed by atoms with van der Waals surface area (Å²) in [6.45, 7) is 3.22. The number of carboxylic acid groups (broad SMARTS) is 1. The maximum Gasteiger partial charge on any atom is 0.416 e. The van der Waals surface area contributed by atoms with Crippen molar-refractivity contribution in [3.63, 3.8) is 0 Å². The van der Waals surface area contributed by atoms with Crippen LogP contribution in [0.15, 0.2) is 18.2 Å². The molecule has 0 saturated carbocycles. The fourth-order valence-electron chi connectivity index (χ4n) is 2.43. The summed E-state index contributed by atoms with van der Waals surface area (Å²) in [6, 6.07) is 3.45. The van der Waals surface area contributed by atoms with Crippen LogP contribution in [0.25, 0.3) is 0 Å². The highest BCUT2D eigenvalue weighted by atomic mass is 19.4. The van der Waals surface area contributed by atoms with Crippen LogP contribution in [0.3, 0.4) is 0 Å². The molecule has 1 aromatic carbocycles. The molecule has 0 fully saturated rings. The molecule has 1 aliphatic heterocycles. The summed E-state index contributed by atoms with van der Waals surface area (Å²) in [7, 11) is 0. The molecule has 1 unspecified atom stereocenters. The topological polar surface area (TPSA) is 49.3 Å². The van der Waals surface area contributed by atoms with Gasteiger partial charge in [-0.25, -0.2) is 0 Å². The zero-order chi connectivity index (χ0) is 15.1. The van der Waals surface area contributed by atoms with Crippen LogP contribution in [0, 0.1) is 5.41 Å². The van der Waals surface area contributed by atoms with Crippen LogP contribution < -0.4 is 5.32 Å². The first-order chi connectivity index (χ1) is 9.09. The van der Waals surface area contributed by atoms with Crippen LogP contribution in [0.1, 0.15) is 31.4 Å². The molecule has 0 aliphatic carbocycles. The van der Waals surface area contributed by atoms with Gasteiger partial charge in [0.2, 0.25) is 0 Å². The van der Waals surface area contributed by atoms with Crippen molar-refractivity contribution < 1.29 is 23.1 Å². The van der Waals surface area contributed by atoms with E-state index in [9.17, 15) is 18.0 Å². The largest absolute Gasteiger partial charge is 0.481 e. The van der Waals surface area contributed by atoms with Crippen LogP contribution in [0.5, 0.6) is 0 Å². The number of fused-ring (bicyclic) bond motifs is 1. The summed E-state index contributed by atoms with van der Waals surface area (Å²) in [6.07, 6.45) is -3.46. The van der Waals surface area contributed by atoms with Gasteiger partial charge in [0, 0.05) is 11.7 Å². The number of halogens is 3. The molecule has 0 spiro atoms. The van der Waals surface area contributed by atoms with Crippen LogP contribution in [0.2, 0.25) is 0 Å². The minimum atomic E-state index is -4.37. The molecule has 0 amide bonds. The zero-order valence-corrected chi connectivity index (χ0v) is 11.2. The number of hydrogen-bond donors (Lipinski definition) is 2. The monoisotopic (exact) mass is 287 g/mol. The van der Waals surface area contributed by atoms with Gasteiger partial charge in [-0.05, 0) is 44.4 Å². The molecular weight excluding hydrogens is 271 g/mol. The van der Waals surface area contributed by atoms with Crippen LogP contribution in [-0.2, 0) is 17.4 Å². The fourth-order valence-corrected chi connectivity index (χ4v) is 2.43. The van der Waals surface area contributed by atoms with E-state index >= 15 is 0 Å². The second-order valence-corrected chi connectivity index (χ2v) is 5.81. The Bertz CT molecular complexity index is 538. The number of nitrogens with one attached hydrogen (secondary N) is 1. The zero-order valence-electron chi connectivity index (χ0n) is 11.2. The van der Waals surface area contributed by atoms with E-state index in [1.54, 1.807) is 13.8 Å². The maximum absolute atomic E-state index is 12.6. The lowest BCUT2D eigenvalue weighted by molar-refractivity contribution is -0.147. The van der Waals surface area contributed by atoms with Gasteiger partial charge in [-0.3, -0.25) is 4.79 Å². The number of rotatable bonds is 3. The number of benzene rings is 1. The third-order valence-corrected chi connectivity index (χ3v) is 3.60. The average Bonchev–Trinajstić information content (AvgIpc) is 2.67. The van der Waals surface area contributed by atoms with E-state index in [0.717, 1.165) is 17.7 Å². The summed E-state index contributed by atoms with van der Waals surface area (Å²) < 4.78 is 37.9. The lowest BCUT2D eigenvalue weighted by Gasteiger charge is -2.23. The lowest BCUT2D eigenvalue weighted by Crippen LogP contribution is -2.31. The number of alkyl halides is 3. The van der Waals surface area contributed by atoms with Gasteiger partial charge in [-0.2, -0.15) is 13.2 Å². The van der Waals surface area contributed by atoms with Crippen molar-refractivity contribution in [3.05, 3.63) is 29.3 Å². The maximum atomic E-state index is 12.6. The van der Waals surface area contributed by atoms with Gasteiger partial charge in [0.05, 0.1) is 11.0 Å². The van der Waals surface area contributed by atoms with Crippen LogP contribution in [-0.4, -0.2) is 17.1 Å². The van der Waals surface area contributed by atoms with Crippen molar-refractivity contribution >= 4 is 11.7 Å². The molecule has 2 N–H and O–H groups in total. The summed E-state index contributed by atoms with van der Waals surface area (Å²) >= 11 is 0. The molecule has 110 valence electrons. The predicted octanol–water partition coefficient (Wildman–Crippen LogP) is 3.54. The molecule has 1 aliphatic rings. The Morgan fingerprint density at radius 3 is 2.60 bits per heavy atom. The molecule has 20 heavy (non-hydrogen) atoms. The number of carboxylic acids is 1. The number of hydrogen-bond acceptors (Lipinski definition) is 2. The van der Waals surface area contributed by atoms with E-state index < -0.39 is 23.1 Å². The van der Waals surface area contributed by atoms with Gasteiger partial charge in [0.25, 0.3) is 0 Å². The first-order valence-corrected chi connectivity index (χ1v) is 6.29. The molecule has 2 rings (SSSR count). The smallest absolute Gasteiger partial charge is 0.416 e. The fraction of sp³-hybridized carbons (Fsp3) is 0.500. The van der Waals surface area contributed by atoms with Gasteiger partial charge < -0.3 is 10.4 Å². The van der Waals surface area contributed by atoms with Crippen molar-refractivity contribution in [2.45, 2.75) is 38.9 Å². The normalized spacial score (nSPS) is 18.6.